The number of halogens is 3. The second-order valence-electron chi connectivity index (χ2n) is 3.55. The molecule has 16 heavy (non-hydrogen) atoms. The van der Waals surface area contributed by atoms with Gasteiger partial charge in [0.15, 0.2) is 5.22 Å². The third-order valence-corrected chi connectivity index (χ3v) is 2.72. The number of rotatable bonds is 3. The summed E-state index contributed by atoms with van der Waals surface area (Å²) in [6.45, 7) is 0. The molecule has 1 aromatic heterocycles. The van der Waals surface area contributed by atoms with E-state index in [0.717, 1.165) is 5.39 Å². The maximum Gasteiger partial charge on any atom is 0.253 e. The summed E-state index contributed by atoms with van der Waals surface area (Å²) < 4.78 is 30.0. The summed E-state index contributed by atoms with van der Waals surface area (Å²) in [5.41, 5.74) is 6.45. The van der Waals surface area contributed by atoms with E-state index in [0.29, 0.717) is 11.1 Å². The summed E-state index contributed by atoms with van der Waals surface area (Å²) in [6, 6.07) is 5.88. The fourth-order valence-corrected chi connectivity index (χ4v) is 1.85. The Hall–Kier alpha value is -1.13. The Balaban J connectivity index is 2.40. The third kappa shape index (κ3) is 2.03. The minimum atomic E-state index is -2.57. The smallest absolute Gasteiger partial charge is 0.253 e. The molecule has 0 fully saturated rings. The van der Waals surface area contributed by atoms with E-state index >= 15 is 0 Å². The van der Waals surface area contributed by atoms with Crippen molar-refractivity contribution >= 4 is 22.6 Å². The summed E-state index contributed by atoms with van der Waals surface area (Å²) >= 11 is 5.85. The first-order valence-electron chi connectivity index (χ1n) is 4.79. The summed E-state index contributed by atoms with van der Waals surface area (Å²) in [6.07, 6.45) is -2.56. The molecule has 0 aliphatic carbocycles. The van der Waals surface area contributed by atoms with E-state index in [1.807, 2.05) is 0 Å². The van der Waals surface area contributed by atoms with Gasteiger partial charge in [0, 0.05) is 10.9 Å². The van der Waals surface area contributed by atoms with Crippen molar-refractivity contribution in [2.24, 2.45) is 5.73 Å². The van der Waals surface area contributed by atoms with E-state index in [9.17, 15) is 8.78 Å². The Kier molecular flexibility index (Phi) is 3.12. The SMILES string of the molecule is NC(Cc1c(Cl)oc2ccccc12)C(F)F. The van der Waals surface area contributed by atoms with Gasteiger partial charge in [0.2, 0.25) is 0 Å². The van der Waals surface area contributed by atoms with Crippen LogP contribution in [0.4, 0.5) is 8.78 Å². The number of furan rings is 1. The fraction of sp³-hybridized carbons (Fsp3) is 0.273. The molecular weight excluding hydrogens is 236 g/mol. The molecule has 1 heterocycles. The Morgan fingerprint density at radius 3 is 2.69 bits per heavy atom. The molecule has 1 atom stereocenters. The van der Waals surface area contributed by atoms with Gasteiger partial charge in [-0.3, -0.25) is 0 Å². The second kappa shape index (κ2) is 4.39. The molecule has 0 spiro atoms. The fourth-order valence-electron chi connectivity index (χ4n) is 1.58. The summed E-state index contributed by atoms with van der Waals surface area (Å²) in [5.74, 6) is 0. The molecule has 2 nitrogen and oxygen atoms in total. The first kappa shape index (κ1) is 11.4. The number of nitrogens with two attached hydrogens (primary N) is 1. The van der Waals surface area contributed by atoms with Gasteiger partial charge in [-0.15, -0.1) is 0 Å². The van der Waals surface area contributed by atoms with Crippen LogP contribution in [0.25, 0.3) is 11.0 Å². The number of hydrogen-bond donors (Lipinski definition) is 1. The minimum Gasteiger partial charge on any atom is -0.444 e. The zero-order valence-electron chi connectivity index (χ0n) is 8.29. The van der Waals surface area contributed by atoms with Crippen LogP contribution >= 0.6 is 11.6 Å². The minimum absolute atomic E-state index is 0.00745. The van der Waals surface area contributed by atoms with Gasteiger partial charge in [0.1, 0.15) is 5.58 Å². The Bertz CT molecular complexity index is 498. The van der Waals surface area contributed by atoms with E-state index in [4.69, 9.17) is 21.8 Å². The van der Waals surface area contributed by atoms with E-state index in [-0.39, 0.29) is 11.6 Å². The quantitative estimate of drug-likeness (QED) is 0.902. The molecule has 0 aliphatic heterocycles. The second-order valence-corrected chi connectivity index (χ2v) is 3.90. The van der Waals surface area contributed by atoms with Gasteiger partial charge in [-0.2, -0.15) is 0 Å². The number of alkyl halides is 2. The van der Waals surface area contributed by atoms with Crippen LogP contribution in [0.2, 0.25) is 5.22 Å². The van der Waals surface area contributed by atoms with Crippen LogP contribution in [0.1, 0.15) is 5.56 Å². The molecule has 0 aliphatic rings. The average molecular weight is 246 g/mol. The van der Waals surface area contributed by atoms with Crippen molar-refractivity contribution in [1.82, 2.24) is 0 Å². The number of para-hydroxylation sites is 1. The van der Waals surface area contributed by atoms with Crippen molar-refractivity contribution in [3.8, 4) is 0 Å². The van der Waals surface area contributed by atoms with Crippen molar-refractivity contribution in [2.75, 3.05) is 0 Å². The topological polar surface area (TPSA) is 39.2 Å². The molecule has 0 amide bonds. The normalized spacial score (nSPS) is 13.6. The van der Waals surface area contributed by atoms with Crippen LogP contribution in [0.3, 0.4) is 0 Å². The number of hydrogen-bond acceptors (Lipinski definition) is 2. The van der Waals surface area contributed by atoms with Crippen LogP contribution in [0.15, 0.2) is 28.7 Å². The van der Waals surface area contributed by atoms with Crippen molar-refractivity contribution in [3.05, 3.63) is 35.0 Å². The Morgan fingerprint density at radius 1 is 1.31 bits per heavy atom. The largest absolute Gasteiger partial charge is 0.444 e. The standard InChI is InChI=1S/C11H10ClF2NO/c12-10-7(5-8(15)11(13)14)6-3-1-2-4-9(6)16-10/h1-4,8,11H,5,15H2. The Morgan fingerprint density at radius 2 is 2.00 bits per heavy atom. The van der Waals surface area contributed by atoms with Gasteiger partial charge in [0.05, 0.1) is 6.04 Å². The van der Waals surface area contributed by atoms with Crippen molar-refractivity contribution < 1.29 is 13.2 Å². The van der Waals surface area contributed by atoms with E-state index in [1.54, 1.807) is 24.3 Å². The predicted molar refractivity (Wildman–Crippen MR) is 58.9 cm³/mol. The first-order chi connectivity index (χ1) is 7.59. The van der Waals surface area contributed by atoms with Gasteiger partial charge in [-0.25, -0.2) is 8.78 Å². The number of benzene rings is 1. The summed E-state index contributed by atoms with van der Waals surface area (Å²) in [4.78, 5) is 0. The van der Waals surface area contributed by atoms with Gasteiger partial charge in [0.25, 0.3) is 6.43 Å². The van der Waals surface area contributed by atoms with E-state index < -0.39 is 12.5 Å². The molecule has 2 aromatic rings. The lowest BCUT2D eigenvalue weighted by atomic mass is 10.1. The van der Waals surface area contributed by atoms with Crippen LogP contribution in [-0.4, -0.2) is 12.5 Å². The van der Waals surface area contributed by atoms with Gasteiger partial charge in [-0.1, -0.05) is 18.2 Å². The van der Waals surface area contributed by atoms with Crippen molar-refractivity contribution in [1.29, 1.82) is 0 Å². The van der Waals surface area contributed by atoms with E-state index in [1.165, 1.54) is 0 Å². The molecular formula is C11H10ClF2NO. The monoisotopic (exact) mass is 245 g/mol. The van der Waals surface area contributed by atoms with Crippen LogP contribution in [-0.2, 0) is 6.42 Å². The van der Waals surface area contributed by atoms with Crippen LogP contribution in [0.5, 0.6) is 0 Å². The molecule has 2 rings (SSSR count). The maximum absolute atomic E-state index is 12.4. The molecule has 0 saturated carbocycles. The highest BCUT2D eigenvalue weighted by atomic mass is 35.5. The molecule has 5 heteroatoms. The molecule has 0 bridgehead atoms. The summed E-state index contributed by atoms with van der Waals surface area (Å²) in [5, 5.41) is 0.876. The van der Waals surface area contributed by atoms with Crippen LogP contribution in [0, 0.1) is 0 Å². The molecule has 0 saturated heterocycles. The molecule has 2 N–H and O–H groups in total. The predicted octanol–water partition coefficient (Wildman–Crippen LogP) is 3.22. The highest BCUT2D eigenvalue weighted by Crippen LogP contribution is 2.30. The van der Waals surface area contributed by atoms with E-state index in [2.05, 4.69) is 0 Å². The molecule has 0 radical (unpaired) electrons. The van der Waals surface area contributed by atoms with Crippen LogP contribution < -0.4 is 5.73 Å². The first-order valence-corrected chi connectivity index (χ1v) is 5.17. The lowest BCUT2D eigenvalue weighted by Gasteiger charge is -2.08. The maximum atomic E-state index is 12.4. The zero-order valence-corrected chi connectivity index (χ0v) is 9.05. The van der Waals surface area contributed by atoms with Gasteiger partial charge >= 0.3 is 0 Å². The lowest BCUT2D eigenvalue weighted by molar-refractivity contribution is 0.116. The number of fused-ring (bicyclic) bond motifs is 1. The van der Waals surface area contributed by atoms with Gasteiger partial charge < -0.3 is 10.2 Å². The Labute approximate surface area is 96.0 Å². The highest BCUT2D eigenvalue weighted by molar-refractivity contribution is 6.30. The third-order valence-electron chi connectivity index (χ3n) is 2.41. The van der Waals surface area contributed by atoms with Crippen molar-refractivity contribution in [2.45, 2.75) is 18.9 Å². The average Bonchev–Trinajstić information content (AvgIpc) is 2.55. The molecule has 86 valence electrons. The lowest BCUT2D eigenvalue weighted by Crippen LogP contribution is -2.30. The zero-order chi connectivity index (χ0) is 11.7. The molecule has 1 unspecified atom stereocenters. The van der Waals surface area contributed by atoms with Gasteiger partial charge in [-0.05, 0) is 24.1 Å². The molecule has 1 aromatic carbocycles. The summed E-state index contributed by atoms with van der Waals surface area (Å²) in [7, 11) is 0. The highest BCUT2D eigenvalue weighted by Gasteiger charge is 2.20. The van der Waals surface area contributed by atoms with Crippen molar-refractivity contribution in [3.63, 3.8) is 0 Å².